The van der Waals surface area contributed by atoms with Gasteiger partial charge in [0.15, 0.2) is 5.78 Å². The Morgan fingerprint density at radius 1 is 0.784 bits per heavy atom. The van der Waals surface area contributed by atoms with Gasteiger partial charge in [0.05, 0.1) is 0 Å². The van der Waals surface area contributed by atoms with Gasteiger partial charge in [-0.15, -0.1) is 0 Å². The van der Waals surface area contributed by atoms with Gasteiger partial charge in [0.2, 0.25) is 0 Å². The van der Waals surface area contributed by atoms with Gasteiger partial charge in [-0.1, -0.05) is 68.3 Å². The Kier molecular flexibility index (Phi) is 8.74. The molecule has 2 aromatic carbocycles. The molecule has 0 aliphatic heterocycles. The molecule has 188 valence electrons. The van der Waals surface area contributed by atoms with Crippen LogP contribution in [0.3, 0.4) is 0 Å². The Bertz CT molecular complexity index is 1670. The van der Waals surface area contributed by atoms with E-state index >= 15 is 0 Å². The SMILES string of the molecule is O=C(/C=C(O)/C=C/c1cccc2cc(CCBr)c(=O)oc12)/C=C/c1cccc2cc(CCBr)c(=O)oc12. The average Bonchev–Trinajstić information content (AvgIpc) is 2.87. The summed E-state index contributed by atoms with van der Waals surface area (Å²) in [6.07, 6.45) is 7.93. The summed E-state index contributed by atoms with van der Waals surface area (Å²) in [5, 5.41) is 13.1. The first-order chi connectivity index (χ1) is 17.9. The van der Waals surface area contributed by atoms with E-state index in [2.05, 4.69) is 31.9 Å². The number of allylic oxidation sites excluding steroid dienone is 3. The van der Waals surface area contributed by atoms with Crippen molar-refractivity contribution >= 4 is 71.7 Å². The molecule has 0 radical (unpaired) electrons. The van der Waals surface area contributed by atoms with Crippen LogP contribution in [0.2, 0.25) is 0 Å². The molecule has 0 atom stereocenters. The zero-order valence-corrected chi connectivity index (χ0v) is 22.8. The van der Waals surface area contributed by atoms with Crippen LogP contribution in [0.1, 0.15) is 22.3 Å². The minimum Gasteiger partial charge on any atom is -0.508 e. The Balaban J connectivity index is 1.54. The number of hydrogen-bond acceptors (Lipinski definition) is 6. The highest BCUT2D eigenvalue weighted by Gasteiger charge is 2.09. The molecule has 0 unspecified atom stereocenters. The number of aliphatic hydroxyl groups excluding tert-OH is 1. The molecular formula is C29H22Br2O6. The molecule has 2 aromatic heterocycles. The van der Waals surface area contributed by atoms with E-state index in [0.717, 1.165) is 16.8 Å². The number of aliphatic hydroxyl groups is 1. The van der Waals surface area contributed by atoms with Crippen LogP contribution in [-0.4, -0.2) is 21.5 Å². The fourth-order valence-electron chi connectivity index (χ4n) is 3.82. The Morgan fingerprint density at radius 2 is 1.27 bits per heavy atom. The van der Waals surface area contributed by atoms with Crippen molar-refractivity contribution in [3.63, 3.8) is 0 Å². The molecule has 0 bridgehead atoms. The summed E-state index contributed by atoms with van der Waals surface area (Å²) in [5.74, 6) is -0.727. The highest BCUT2D eigenvalue weighted by atomic mass is 79.9. The monoisotopic (exact) mass is 624 g/mol. The molecule has 6 nitrogen and oxygen atoms in total. The van der Waals surface area contributed by atoms with E-state index in [1.165, 1.54) is 18.2 Å². The van der Waals surface area contributed by atoms with Crippen LogP contribution in [0, 0.1) is 0 Å². The van der Waals surface area contributed by atoms with Crippen LogP contribution < -0.4 is 11.3 Å². The molecule has 0 saturated carbocycles. The first-order valence-corrected chi connectivity index (χ1v) is 13.7. The van der Waals surface area contributed by atoms with Crippen LogP contribution in [0.5, 0.6) is 0 Å². The normalized spacial score (nSPS) is 12.3. The summed E-state index contributed by atoms with van der Waals surface area (Å²) >= 11 is 6.65. The summed E-state index contributed by atoms with van der Waals surface area (Å²) in [6.45, 7) is 0. The van der Waals surface area contributed by atoms with Crippen molar-refractivity contribution in [2.75, 3.05) is 10.7 Å². The van der Waals surface area contributed by atoms with Gasteiger partial charge in [-0.05, 0) is 49.3 Å². The number of carbonyl (C=O) groups is 1. The molecular weight excluding hydrogens is 604 g/mol. The van der Waals surface area contributed by atoms with E-state index in [1.807, 2.05) is 24.3 Å². The molecule has 2 heterocycles. The third-order valence-electron chi connectivity index (χ3n) is 5.60. The molecule has 0 spiro atoms. The smallest absolute Gasteiger partial charge is 0.339 e. The molecule has 4 aromatic rings. The molecule has 0 aliphatic rings. The topological polar surface area (TPSA) is 97.7 Å². The predicted octanol–water partition coefficient (Wildman–Crippen LogP) is 6.51. The number of rotatable bonds is 9. The first kappa shape index (κ1) is 26.6. The molecule has 0 saturated heterocycles. The van der Waals surface area contributed by atoms with Gasteiger partial charge in [-0.25, -0.2) is 9.59 Å². The number of ketones is 1. The molecule has 0 fully saturated rings. The van der Waals surface area contributed by atoms with E-state index in [0.29, 0.717) is 56.9 Å². The van der Waals surface area contributed by atoms with Crippen molar-refractivity contribution in [2.45, 2.75) is 12.8 Å². The minimum absolute atomic E-state index is 0.270. The molecule has 4 rings (SSSR count). The van der Waals surface area contributed by atoms with Crippen molar-refractivity contribution in [3.05, 3.63) is 116 Å². The third kappa shape index (κ3) is 6.45. The number of alkyl halides is 2. The van der Waals surface area contributed by atoms with Crippen LogP contribution in [0.15, 0.2) is 90.9 Å². The summed E-state index contributed by atoms with van der Waals surface area (Å²) in [7, 11) is 0. The third-order valence-corrected chi connectivity index (χ3v) is 6.40. The van der Waals surface area contributed by atoms with Crippen molar-refractivity contribution in [1.82, 2.24) is 0 Å². The quantitative estimate of drug-likeness (QED) is 0.0748. The van der Waals surface area contributed by atoms with Gasteiger partial charge in [0, 0.05) is 49.8 Å². The van der Waals surface area contributed by atoms with Gasteiger partial charge in [-0.3, -0.25) is 4.79 Å². The van der Waals surface area contributed by atoms with Crippen LogP contribution in [0.25, 0.3) is 34.1 Å². The number of fused-ring (bicyclic) bond motifs is 2. The fourth-order valence-corrected chi connectivity index (χ4v) is 4.68. The summed E-state index contributed by atoms with van der Waals surface area (Å²) in [4.78, 5) is 36.9. The minimum atomic E-state index is -0.457. The number of aryl methyl sites for hydroxylation is 2. The second-order valence-electron chi connectivity index (χ2n) is 8.17. The Labute approximate surface area is 228 Å². The summed E-state index contributed by atoms with van der Waals surface area (Å²) in [5.41, 5.74) is 2.29. The van der Waals surface area contributed by atoms with Crippen molar-refractivity contribution in [3.8, 4) is 0 Å². The van der Waals surface area contributed by atoms with E-state index in [-0.39, 0.29) is 5.76 Å². The maximum atomic E-state index is 12.4. The Morgan fingerprint density at radius 3 is 1.76 bits per heavy atom. The van der Waals surface area contributed by atoms with Gasteiger partial charge < -0.3 is 13.9 Å². The Hall–Kier alpha value is -3.49. The zero-order valence-electron chi connectivity index (χ0n) is 19.6. The molecule has 0 aliphatic carbocycles. The standard InChI is InChI=1S/C29H22Br2O6/c30-13-11-22-15-20-5-1-3-18(26(20)36-28(22)34)7-9-24(32)17-25(33)10-8-19-4-2-6-21-16-23(12-14-31)29(35)37-27(19)21/h1-10,15-17,32H,11-14H2/b9-7+,10-8+,24-17-. The van der Waals surface area contributed by atoms with Crippen molar-refractivity contribution < 1.29 is 18.7 Å². The summed E-state index contributed by atoms with van der Waals surface area (Å²) < 4.78 is 11.0. The highest BCUT2D eigenvalue weighted by molar-refractivity contribution is 9.09. The van der Waals surface area contributed by atoms with Gasteiger partial charge in [0.25, 0.3) is 0 Å². The number of halogens is 2. The highest BCUT2D eigenvalue weighted by Crippen LogP contribution is 2.21. The average molecular weight is 626 g/mol. The van der Waals surface area contributed by atoms with Crippen molar-refractivity contribution in [2.24, 2.45) is 0 Å². The van der Waals surface area contributed by atoms with Crippen molar-refractivity contribution in [1.29, 1.82) is 0 Å². The van der Waals surface area contributed by atoms with Gasteiger partial charge in [0.1, 0.15) is 16.9 Å². The maximum absolute atomic E-state index is 12.4. The largest absolute Gasteiger partial charge is 0.508 e. The second kappa shape index (κ2) is 12.2. The van der Waals surface area contributed by atoms with E-state index in [9.17, 15) is 19.5 Å². The maximum Gasteiger partial charge on any atom is 0.339 e. The molecule has 1 N–H and O–H groups in total. The first-order valence-electron chi connectivity index (χ1n) is 11.4. The summed E-state index contributed by atoms with van der Waals surface area (Å²) in [6, 6.07) is 14.4. The number of hydrogen-bond donors (Lipinski definition) is 1. The van der Waals surface area contributed by atoms with E-state index in [1.54, 1.807) is 30.3 Å². The number of carbonyl (C=O) groups excluding carboxylic acids is 1. The van der Waals surface area contributed by atoms with E-state index in [4.69, 9.17) is 8.83 Å². The number of benzene rings is 2. The van der Waals surface area contributed by atoms with Gasteiger partial charge >= 0.3 is 11.3 Å². The van der Waals surface area contributed by atoms with Crippen LogP contribution in [0.4, 0.5) is 0 Å². The predicted molar refractivity (Wildman–Crippen MR) is 154 cm³/mol. The lowest BCUT2D eigenvalue weighted by molar-refractivity contribution is -0.110. The number of para-hydroxylation sites is 2. The molecule has 37 heavy (non-hydrogen) atoms. The molecule has 0 amide bonds. The van der Waals surface area contributed by atoms with E-state index < -0.39 is 17.0 Å². The lowest BCUT2D eigenvalue weighted by Gasteiger charge is -2.03. The van der Waals surface area contributed by atoms with Crippen LogP contribution >= 0.6 is 31.9 Å². The fraction of sp³-hybridized carbons (Fsp3) is 0.138. The second-order valence-corrected chi connectivity index (χ2v) is 9.75. The van der Waals surface area contributed by atoms with Crippen LogP contribution in [-0.2, 0) is 17.6 Å². The molecule has 8 heteroatoms. The lowest BCUT2D eigenvalue weighted by atomic mass is 10.1. The lowest BCUT2D eigenvalue weighted by Crippen LogP contribution is -2.07. The van der Waals surface area contributed by atoms with Gasteiger partial charge in [-0.2, -0.15) is 0 Å². The zero-order chi connectivity index (χ0) is 26.4.